The molecule has 0 spiro atoms. The third-order valence-electron chi connectivity index (χ3n) is 7.45. The van der Waals surface area contributed by atoms with Crippen LogP contribution in [0.25, 0.3) is 0 Å². The van der Waals surface area contributed by atoms with Gasteiger partial charge in [-0.25, -0.2) is 0 Å². The number of fused-ring (bicyclic) bond motifs is 2. The van der Waals surface area contributed by atoms with Crippen LogP contribution >= 0.6 is 0 Å². The summed E-state index contributed by atoms with van der Waals surface area (Å²) < 4.78 is 0. The molecule has 98 valence electrons. The van der Waals surface area contributed by atoms with Crippen LogP contribution < -0.4 is 0 Å². The molecule has 0 heterocycles. The van der Waals surface area contributed by atoms with E-state index in [1.807, 2.05) is 6.92 Å². The molecule has 6 atom stereocenters. The molecule has 2 bridgehead atoms. The number of aliphatic hydroxyl groups is 2. The van der Waals surface area contributed by atoms with E-state index in [4.69, 9.17) is 0 Å². The van der Waals surface area contributed by atoms with E-state index in [0.717, 1.165) is 12.8 Å². The third-order valence-corrected chi connectivity index (χ3v) is 7.45. The van der Waals surface area contributed by atoms with Crippen LogP contribution in [0.5, 0.6) is 0 Å². The molecule has 0 aromatic heterocycles. The Labute approximate surface area is 104 Å². The molecule has 0 aromatic carbocycles. The van der Waals surface area contributed by atoms with Gasteiger partial charge in [0, 0.05) is 5.41 Å². The van der Waals surface area contributed by atoms with Gasteiger partial charge in [0.25, 0.3) is 0 Å². The van der Waals surface area contributed by atoms with Gasteiger partial charge in [-0.1, -0.05) is 27.2 Å². The summed E-state index contributed by atoms with van der Waals surface area (Å²) in [5, 5.41) is 21.6. The molecule has 4 saturated carbocycles. The molecule has 0 radical (unpaired) electrons. The number of hydrogen-bond acceptors (Lipinski definition) is 2. The van der Waals surface area contributed by atoms with E-state index in [-0.39, 0.29) is 16.2 Å². The smallest absolute Gasteiger partial charge is 0.0941 e. The zero-order valence-corrected chi connectivity index (χ0v) is 11.6. The van der Waals surface area contributed by atoms with Crippen molar-refractivity contribution in [3.05, 3.63) is 0 Å². The van der Waals surface area contributed by atoms with Crippen molar-refractivity contribution >= 4 is 0 Å². The molecule has 0 saturated heterocycles. The van der Waals surface area contributed by atoms with Crippen LogP contribution in [0.3, 0.4) is 0 Å². The van der Waals surface area contributed by atoms with Gasteiger partial charge in [0.15, 0.2) is 0 Å². The van der Waals surface area contributed by atoms with Gasteiger partial charge in [0.2, 0.25) is 0 Å². The summed E-state index contributed by atoms with van der Waals surface area (Å²) in [5.41, 5.74) is -0.927. The first kappa shape index (κ1) is 12.0. The van der Waals surface area contributed by atoms with E-state index in [0.29, 0.717) is 5.92 Å². The summed E-state index contributed by atoms with van der Waals surface area (Å²) in [6, 6.07) is 0. The Hall–Kier alpha value is -0.0800. The highest BCUT2D eigenvalue weighted by Crippen LogP contribution is 2.75. The second kappa shape index (κ2) is 2.91. The average Bonchev–Trinajstić information content (AvgIpc) is 2.66. The number of aliphatic hydroxyl groups excluding tert-OH is 1. The normalized spacial score (nSPS) is 66.0. The molecular formula is C15H26O2. The largest absolute Gasteiger partial charge is 0.390 e. The summed E-state index contributed by atoms with van der Waals surface area (Å²) in [7, 11) is 0. The Kier molecular flexibility index (Phi) is 2.05. The molecule has 0 aliphatic heterocycles. The lowest BCUT2D eigenvalue weighted by Gasteiger charge is -2.72. The zero-order valence-electron chi connectivity index (χ0n) is 11.6. The predicted molar refractivity (Wildman–Crippen MR) is 67.5 cm³/mol. The highest BCUT2D eigenvalue weighted by molar-refractivity contribution is 5.24. The van der Waals surface area contributed by atoms with Crippen LogP contribution in [0.4, 0.5) is 0 Å². The van der Waals surface area contributed by atoms with Crippen LogP contribution in [-0.4, -0.2) is 21.9 Å². The molecule has 2 N–H and O–H groups in total. The summed E-state index contributed by atoms with van der Waals surface area (Å²) in [6.45, 7) is 8.66. The van der Waals surface area contributed by atoms with Crippen molar-refractivity contribution in [1.82, 2.24) is 0 Å². The van der Waals surface area contributed by atoms with Crippen molar-refractivity contribution in [2.24, 2.45) is 22.2 Å². The van der Waals surface area contributed by atoms with E-state index < -0.39 is 11.7 Å². The molecule has 2 heteroatoms. The van der Waals surface area contributed by atoms with Crippen molar-refractivity contribution in [2.75, 3.05) is 0 Å². The summed E-state index contributed by atoms with van der Waals surface area (Å²) in [4.78, 5) is 0. The lowest BCUT2D eigenvalue weighted by molar-refractivity contribution is -0.317. The molecule has 17 heavy (non-hydrogen) atoms. The maximum atomic E-state index is 10.9. The molecule has 4 rings (SSSR count). The second-order valence-corrected chi connectivity index (χ2v) is 7.75. The monoisotopic (exact) mass is 238 g/mol. The minimum atomic E-state index is -0.935. The van der Waals surface area contributed by atoms with Crippen LogP contribution in [0.2, 0.25) is 0 Å². The van der Waals surface area contributed by atoms with Crippen LogP contribution in [0, 0.1) is 22.2 Å². The summed E-state index contributed by atoms with van der Waals surface area (Å²) >= 11 is 0. The lowest BCUT2D eigenvalue weighted by Crippen LogP contribution is -2.75. The van der Waals surface area contributed by atoms with Crippen molar-refractivity contribution in [3.63, 3.8) is 0 Å². The Bertz CT molecular complexity index is 364. The number of hydrogen-bond donors (Lipinski definition) is 2. The van der Waals surface area contributed by atoms with Gasteiger partial charge in [0.1, 0.15) is 0 Å². The molecule has 6 unspecified atom stereocenters. The van der Waals surface area contributed by atoms with E-state index in [9.17, 15) is 10.2 Å². The van der Waals surface area contributed by atoms with Gasteiger partial charge in [-0.15, -0.1) is 0 Å². The maximum absolute atomic E-state index is 10.9. The Morgan fingerprint density at radius 2 is 1.65 bits per heavy atom. The van der Waals surface area contributed by atoms with E-state index in [1.54, 1.807) is 0 Å². The molecule has 4 aliphatic carbocycles. The van der Waals surface area contributed by atoms with E-state index in [1.165, 1.54) is 19.3 Å². The van der Waals surface area contributed by atoms with E-state index in [2.05, 4.69) is 20.8 Å². The highest BCUT2D eigenvalue weighted by Gasteiger charge is 2.74. The quantitative estimate of drug-likeness (QED) is 0.681. The average molecular weight is 238 g/mol. The van der Waals surface area contributed by atoms with Crippen molar-refractivity contribution < 1.29 is 10.2 Å². The Morgan fingerprint density at radius 1 is 1.00 bits per heavy atom. The highest BCUT2D eigenvalue weighted by atomic mass is 16.3. The van der Waals surface area contributed by atoms with Crippen molar-refractivity contribution in [1.29, 1.82) is 0 Å². The Morgan fingerprint density at radius 3 is 2.29 bits per heavy atom. The molecule has 4 aliphatic rings. The fourth-order valence-electron chi connectivity index (χ4n) is 5.97. The lowest BCUT2D eigenvalue weighted by atomic mass is 9.35. The molecule has 0 aromatic rings. The van der Waals surface area contributed by atoms with Crippen molar-refractivity contribution in [3.8, 4) is 0 Å². The van der Waals surface area contributed by atoms with Gasteiger partial charge in [0.05, 0.1) is 11.7 Å². The van der Waals surface area contributed by atoms with Crippen molar-refractivity contribution in [2.45, 2.75) is 71.5 Å². The predicted octanol–water partition coefficient (Wildman–Crippen LogP) is 2.72. The molecular weight excluding hydrogens is 212 g/mol. The minimum absolute atomic E-state index is 0.0769. The summed E-state index contributed by atoms with van der Waals surface area (Å²) in [5.74, 6) is 0.587. The standard InChI is InChI=1S/C15H26O2/c1-12-8-9-14(3,15(4,17)11(12)16)13(2)7-5-6-10(12)13/h10-11,16-17H,5-9H2,1-4H3. The molecule has 0 amide bonds. The minimum Gasteiger partial charge on any atom is -0.390 e. The van der Waals surface area contributed by atoms with Crippen LogP contribution in [-0.2, 0) is 0 Å². The summed E-state index contributed by atoms with van der Waals surface area (Å²) in [6.07, 6.45) is 5.27. The zero-order chi connectivity index (χ0) is 12.7. The van der Waals surface area contributed by atoms with Gasteiger partial charge >= 0.3 is 0 Å². The fraction of sp³-hybridized carbons (Fsp3) is 1.00. The van der Waals surface area contributed by atoms with Gasteiger partial charge < -0.3 is 10.2 Å². The number of rotatable bonds is 0. The molecule has 2 nitrogen and oxygen atoms in total. The first-order valence-corrected chi connectivity index (χ1v) is 7.11. The van der Waals surface area contributed by atoms with Crippen LogP contribution in [0.15, 0.2) is 0 Å². The van der Waals surface area contributed by atoms with Gasteiger partial charge in [-0.2, -0.15) is 0 Å². The first-order chi connectivity index (χ1) is 7.70. The maximum Gasteiger partial charge on any atom is 0.0941 e. The van der Waals surface area contributed by atoms with Gasteiger partial charge in [-0.05, 0) is 49.4 Å². The van der Waals surface area contributed by atoms with Gasteiger partial charge in [-0.3, -0.25) is 0 Å². The van der Waals surface area contributed by atoms with E-state index >= 15 is 0 Å². The Balaban J connectivity index is 2.21. The second-order valence-electron chi connectivity index (χ2n) is 7.75. The SMILES string of the molecule is CC12CCC(C)(C(C)(O)C1O)C1(C)CCCC21. The third kappa shape index (κ3) is 0.986. The fourth-order valence-corrected chi connectivity index (χ4v) is 5.97. The molecule has 4 fully saturated rings. The first-order valence-electron chi connectivity index (χ1n) is 7.11. The topological polar surface area (TPSA) is 40.5 Å². The van der Waals surface area contributed by atoms with Crippen LogP contribution in [0.1, 0.15) is 59.8 Å².